The van der Waals surface area contributed by atoms with E-state index in [2.05, 4.69) is 10.0 Å². The van der Waals surface area contributed by atoms with E-state index in [1.807, 2.05) is 6.07 Å². The third kappa shape index (κ3) is 4.87. The molecule has 0 amide bonds. The van der Waals surface area contributed by atoms with Crippen molar-refractivity contribution in [2.45, 2.75) is 32.1 Å². The Kier molecular flexibility index (Phi) is 5.16. The predicted octanol–water partition coefficient (Wildman–Crippen LogP) is 3.70. The molecule has 6 heteroatoms. The summed E-state index contributed by atoms with van der Waals surface area (Å²) >= 11 is 6.09. The molecule has 4 nitrogen and oxygen atoms in total. The van der Waals surface area contributed by atoms with E-state index < -0.39 is 10.0 Å². The zero-order valence-electron chi connectivity index (χ0n) is 11.7. The molecule has 0 unspecified atom stereocenters. The van der Waals surface area contributed by atoms with Gasteiger partial charge in [-0.3, -0.25) is 4.72 Å². The molecule has 0 bridgehead atoms. The number of nitrogens with one attached hydrogen (secondary N) is 2. The lowest BCUT2D eigenvalue weighted by atomic mass is 9.89. The van der Waals surface area contributed by atoms with E-state index in [1.54, 1.807) is 12.1 Å². The van der Waals surface area contributed by atoms with E-state index in [9.17, 15) is 8.42 Å². The lowest BCUT2D eigenvalue weighted by molar-refractivity contribution is 0.373. The fraction of sp³-hybridized carbons (Fsp3) is 0.571. The van der Waals surface area contributed by atoms with Crippen LogP contribution in [-0.2, 0) is 10.0 Å². The van der Waals surface area contributed by atoms with Crippen molar-refractivity contribution in [2.24, 2.45) is 5.92 Å². The summed E-state index contributed by atoms with van der Waals surface area (Å²) in [5, 5.41) is 3.79. The molecule has 112 valence electrons. The van der Waals surface area contributed by atoms with Gasteiger partial charge in [-0.05, 0) is 37.0 Å². The smallest absolute Gasteiger partial charge is 0.229 e. The van der Waals surface area contributed by atoms with Gasteiger partial charge in [0, 0.05) is 12.2 Å². The first-order chi connectivity index (χ1) is 9.44. The van der Waals surface area contributed by atoms with Gasteiger partial charge in [-0.1, -0.05) is 30.9 Å². The first-order valence-electron chi connectivity index (χ1n) is 6.95. The quantitative estimate of drug-likeness (QED) is 0.870. The number of anilines is 2. The number of rotatable bonds is 5. The maximum absolute atomic E-state index is 11.2. The summed E-state index contributed by atoms with van der Waals surface area (Å²) in [5.41, 5.74) is 1.34. The Labute approximate surface area is 126 Å². The lowest BCUT2D eigenvalue weighted by Crippen LogP contribution is -2.17. The van der Waals surface area contributed by atoms with Gasteiger partial charge in [0.15, 0.2) is 0 Å². The van der Waals surface area contributed by atoms with Gasteiger partial charge in [0.05, 0.1) is 17.0 Å². The second-order valence-electron chi connectivity index (χ2n) is 5.45. The Morgan fingerprint density at radius 1 is 1.25 bits per heavy atom. The van der Waals surface area contributed by atoms with Crippen LogP contribution in [0.1, 0.15) is 32.1 Å². The van der Waals surface area contributed by atoms with Crippen LogP contribution in [0.3, 0.4) is 0 Å². The van der Waals surface area contributed by atoms with Gasteiger partial charge in [0.1, 0.15) is 0 Å². The molecule has 1 aliphatic carbocycles. The van der Waals surface area contributed by atoms with Gasteiger partial charge in [0.25, 0.3) is 0 Å². The predicted molar refractivity (Wildman–Crippen MR) is 85.0 cm³/mol. The van der Waals surface area contributed by atoms with Crippen LogP contribution in [0.2, 0.25) is 5.02 Å². The fourth-order valence-electron chi connectivity index (χ4n) is 2.56. The molecule has 0 aromatic heterocycles. The zero-order chi connectivity index (χ0) is 14.6. The van der Waals surface area contributed by atoms with Crippen LogP contribution >= 0.6 is 11.6 Å². The van der Waals surface area contributed by atoms with Gasteiger partial charge in [-0.2, -0.15) is 0 Å². The van der Waals surface area contributed by atoms with Crippen molar-refractivity contribution in [3.8, 4) is 0 Å². The Balaban J connectivity index is 1.94. The van der Waals surface area contributed by atoms with Crippen molar-refractivity contribution < 1.29 is 8.42 Å². The first-order valence-corrected chi connectivity index (χ1v) is 9.22. The summed E-state index contributed by atoms with van der Waals surface area (Å²) in [5.74, 6) is 0.733. The molecular weight excluding hydrogens is 296 g/mol. The van der Waals surface area contributed by atoms with E-state index in [0.717, 1.165) is 24.4 Å². The number of halogens is 1. The molecule has 2 rings (SSSR count). The molecule has 1 aromatic carbocycles. The minimum atomic E-state index is -3.30. The van der Waals surface area contributed by atoms with E-state index in [0.29, 0.717) is 10.7 Å². The molecule has 0 heterocycles. The highest BCUT2D eigenvalue weighted by atomic mass is 35.5. The number of sulfonamides is 1. The standard InChI is InChI=1S/C14H21ClN2O2S/c1-20(18,19)17-14-8-7-12(9-13(14)15)16-10-11-5-3-2-4-6-11/h7-9,11,16-17H,2-6,10H2,1H3. The normalized spacial score (nSPS) is 16.9. The first kappa shape index (κ1) is 15.4. The van der Waals surface area contributed by atoms with Crippen molar-refractivity contribution in [2.75, 3.05) is 22.8 Å². The molecule has 0 saturated heterocycles. The number of hydrogen-bond acceptors (Lipinski definition) is 3. The largest absolute Gasteiger partial charge is 0.385 e. The summed E-state index contributed by atoms with van der Waals surface area (Å²) < 4.78 is 24.8. The second-order valence-corrected chi connectivity index (χ2v) is 7.61. The van der Waals surface area contributed by atoms with Gasteiger partial charge in [-0.25, -0.2) is 8.42 Å². The van der Waals surface area contributed by atoms with Crippen molar-refractivity contribution in [1.29, 1.82) is 0 Å². The third-order valence-corrected chi connectivity index (χ3v) is 4.49. The lowest BCUT2D eigenvalue weighted by Gasteiger charge is -2.22. The molecule has 20 heavy (non-hydrogen) atoms. The van der Waals surface area contributed by atoms with Crippen molar-refractivity contribution in [1.82, 2.24) is 0 Å². The summed E-state index contributed by atoms with van der Waals surface area (Å²) in [4.78, 5) is 0. The summed E-state index contributed by atoms with van der Waals surface area (Å²) in [6.45, 7) is 0.954. The van der Waals surface area contributed by atoms with Crippen LogP contribution < -0.4 is 10.0 Å². The van der Waals surface area contributed by atoms with Crippen LogP contribution in [0.15, 0.2) is 18.2 Å². The summed E-state index contributed by atoms with van der Waals surface area (Å²) in [7, 11) is -3.30. The average Bonchev–Trinajstić information content (AvgIpc) is 2.39. The van der Waals surface area contributed by atoms with Crippen LogP contribution in [0.25, 0.3) is 0 Å². The highest BCUT2D eigenvalue weighted by Crippen LogP contribution is 2.28. The van der Waals surface area contributed by atoms with Crippen molar-refractivity contribution in [3.63, 3.8) is 0 Å². The number of benzene rings is 1. The van der Waals surface area contributed by atoms with Crippen LogP contribution in [0.5, 0.6) is 0 Å². The molecule has 0 atom stereocenters. The van der Waals surface area contributed by atoms with Gasteiger partial charge in [-0.15, -0.1) is 0 Å². The summed E-state index contributed by atoms with van der Waals surface area (Å²) in [6.07, 6.45) is 7.68. The molecule has 1 aliphatic rings. The second kappa shape index (κ2) is 6.68. The SMILES string of the molecule is CS(=O)(=O)Nc1ccc(NCC2CCCCC2)cc1Cl. The maximum Gasteiger partial charge on any atom is 0.229 e. The molecule has 0 aliphatic heterocycles. The van der Waals surface area contributed by atoms with E-state index in [-0.39, 0.29) is 0 Å². The monoisotopic (exact) mass is 316 g/mol. The van der Waals surface area contributed by atoms with E-state index in [1.165, 1.54) is 32.1 Å². The van der Waals surface area contributed by atoms with Crippen LogP contribution in [0, 0.1) is 5.92 Å². The minimum absolute atomic E-state index is 0.407. The van der Waals surface area contributed by atoms with E-state index in [4.69, 9.17) is 11.6 Å². The van der Waals surface area contributed by atoms with Crippen molar-refractivity contribution >= 4 is 33.0 Å². The molecule has 0 spiro atoms. The Bertz CT molecular complexity index is 554. The molecule has 1 fully saturated rings. The molecular formula is C14H21ClN2O2S. The highest BCUT2D eigenvalue weighted by molar-refractivity contribution is 7.92. The Hall–Kier alpha value is -0.940. The molecule has 0 radical (unpaired) electrons. The fourth-order valence-corrected chi connectivity index (χ4v) is 3.42. The summed E-state index contributed by atoms with van der Waals surface area (Å²) in [6, 6.07) is 5.30. The van der Waals surface area contributed by atoms with Gasteiger partial charge < -0.3 is 5.32 Å². The highest BCUT2D eigenvalue weighted by Gasteiger charge is 2.13. The van der Waals surface area contributed by atoms with Crippen LogP contribution in [0.4, 0.5) is 11.4 Å². The van der Waals surface area contributed by atoms with Gasteiger partial charge >= 0.3 is 0 Å². The maximum atomic E-state index is 11.2. The zero-order valence-corrected chi connectivity index (χ0v) is 13.2. The van der Waals surface area contributed by atoms with Crippen LogP contribution in [-0.4, -0.2) is 21.2 Å². The molecule has 1 saturated carbocycles. The van der Waals surface area contributed by atoms with Crippen molar-refractivity contribution in [3.05, 3.63) is 23.2 Å². The Morgan fingerprint density at radius 3 is 2.55 bits per heavy atom. The van der Waals surface area contributed by atoms with E-state index >= 15 is 0 Å². The van der Waals surface area contributed by atoms with Gasteiger partial charge in [0.2, 0.25) is 10.0 Å². The third-order valence-electron chi connectivity index (χ3n) is 3.58. The molecule has 2 N–H and O–H groups in total. The minimum Gasteiger partial charge on any atom is -0.385 e. The number of hydrogen-bond donors (Lipinski definition) is 2. The Morgan fingerprint density at radius 2 is 1.95 bits per heavy atom. The molecule has 1 aromatic rings. The topological polar surface area (TPSA) is 58.2 Å². The average molecular weight is 317 g/mol.